The van der Waals surface area contributed by atoms with Crippen molar-refractivity contribution in [2.45, 2.75) is 52.5 Å². The second-order valence-electron chi connectivity index (χ2n) is 7.07. The number of amides is 1. The highest BCUT2D eigenvalue weighted by atomic mass is 35.5. The molecule has 0 spiro atoms. The van der Waals surface area contributed by atoms with Gasteiger partial charge >= 0.3 is 0 Å². The maximum Gasteiger partial charge on any atom is 0.253 e. The molecule has 1 aliphatic carbocycles. The number of carbonyl (C=O) groups excluding carboxylic acids is 1. The van der Waals surface area contributed by atoms with Crippen LogP contribution in [0, 0.1) is 11.3 Å². The average Bonchev–Trinajstić information content (AvgIpc) is 2.37. The van der Waals surface area contributed by atoms with E-state index in [1.165, 1.54) is 19.3 Å². The molecule has 1 saturated carbocycles. The lowest BCUT2D eigenvalue weighted by Crippen LogP contribution is -2.46. The molecule has 2 rings (SSSR count). The fourth-order valence-corrected chi connectivity index (χ4v) is 3.51. The molecule has 0 aliphatic heterocycles. The number of rotatable bonds is 2. The monoisotopic (exact) mass is 308 g/mol. The molecule has 3 nitrogen and oxygen atoms in total. The molecule has 0 saturated heterocycles. The van der Waals surface area contributed by atoms with Crippen LogP contribution < -0.4 is 11.1 Å². The van der Waals surface area contributed by atoms with E-state index in [1.54, 1.807) is 18.2 Å². The molecule has 1 aliphatic rings. The van der Waals surface area contributed by atoms with Crippen LogP contribution in [0.5, 0.6) is 0 Å². The molecule has 3 N–H and O–H groups in total. The third kappa shape index (κ3) is 3.91. The van der Waals surface area contributed by atoms with Gasteiger partial charge in [0, 0.05) is 16.8 Å². The van der Waals surface area contributed by atoms with Crippen molar-refractivity contribution in [1.82, 2.24) is 5.32 Å². The number of nitrogens with two attached hydrogens (primary N) is 1. The van der Waals surface area contributed by atoms with E-state index in [0.717, 1.165) is 6.42 Å². The number of nitrogen functional groups attached to an aromatic ring is 1. The number of carbonyl (C=O) groups is 1. The Morgan fingerprint density at radius 2 is 1.95 bits per heavy atom. The first-order valence-corrected chi connectivity index (χ1v) is 8.02. The number of anilines is 1. The second kappa shape index (κ2) is 6.27. The predicted octanol–water partition coefficient (Wildman–Crippen LogP) is 4.26. The van der Waals surface area contributed by atoms with E-state index in [1.807, 2.05) is 0 Å². The summed E-state index contributed by atoms with van der Waals surface area (Å²) < 4.78 is 0. The highest BCUT2D eigenvalue weighted by Crippen LogP contribution is 2.38. The molecule has 116 valence electrons. The number of hydrogen-bond donors (Lipinski definition) is 2. The molecular weight excluding hydrogens is 284 g/mol. The van der Waals surface area contributed by atoms with E-state index < -0.39 is 0 Å². The summed E-state index contributed by atoms with van der Waals surface area (Å²) in [6, 6.07) is 5.25. The van der Waals surface area contributed by atoms with Crippen LogP contribution in [0.2, 0.25) is 5.02 Å². The van der Waals surface area contributed by atoms with Crippen molar-refractivity contribution in [2.24, 2.45) is 11.3 Å². The van der Waals surface area contributed by atoms with Crippen LogP contribution in [0.1, 0.15) is 56.8 Å². The van der Waals surface area contributed by atoms with Gasteiger partial charge in [0.15, 0.2) is 0 Å². The molecule has 4 heteroatoms. The lowest BCUT2D eigenvalue weighted by molar-refractivity contribution is 0.0831. The van der Waals surface area contributed by atoms with Crippen LogP contribution >= 0.6 is 11.6 Å². The SMILES string of the molecule is CC(C)(C)C1CCCCC1NC(=O)c1ccc(Cl)cc1N. The Labute approximate surface area is 132 Å². The standard InChI is InChI=1S/C17H25ClN2O/c1-17(2,3)13-6-4-5-7-15(13)20-16(21)12-9-8-11(18)10-14(12)19/h8-10,13,15H,4-7,19H2,1-3H3,(H,20,21). The zero-order chi connectivity index (χ0) is 15.6. The quantitative estimate of drug-likeness (QED) is 0.802. The van der Waals surface area contributed by atoms with Crippen molar-refractivity contribution >= 4 is 23.2 Å². The molecule has 0 bridgehead atoms. The fourth-order valence-electron chi connectivity index (χ4n) is 3.33. The fraction of sp³-hybridized carbons (Fsp3) is 0.588. The summed E-state index contributed by atoms with van der Waals surface area (Å²) in [4.78, 5) is 12.5. The zero-order valence-electron chi connectivity index (χ0n) is 13.1. The highest BCUT2D eigenvalue weighted by molar-refractivity contribution is 6.31. The molecule has 0 radical (unpaired) electrons. The van der Waals surface area contributed by atoms with Crippen LogP contribution in [0.25, 0.3) is 0 Å². The van der Waals surface area contributed by atoms with Gasteiger partial charge in [-0.25, -0.2) is 0 Å². The summed E-state index contributed by atoms with van der Waals surface area (Å²) in [5, 5.41) is 3.74. The van der Waals surface area contributed by atoms with E-state index in [4.69, 9.17) is 17.3 Å². The van der Waals surface area contributed by atoms with E-state index in [9.17, 15) is 4.79 Å². The average molecular weight is 309 g/mol. The van der Waals surface area contributed by atoms with Gasteiger partial charge in [0.05, 0.1) is 5.56 Å². The van der Waals surface area contributed by atoms with Crippen LogP contribution in [-0.4, -0.2) is 11.9 Å². The summed E-state index contributed by atoms with van der Waals surface area (Å²) in [6.45, 7) is 6.75. The van der Waals surface area contributed by atoms with Crippen molar-refractivity contribution in [1.29, 1.82) is 0 Å². The molecule has 1 aromatic carbocycles. The predicted molar refractivity (Wildman–Crippen MR) is 88.5 cm³/mol. The van der Waals surface area contributed by atoms with Crippen LogP contribution in [-0.2, 0) is 0 Å². The van der Waals surface area contributed by atoms with Crippen molar-refractivity contribution in [3.63, 3.8) is 0 Å². The minimum Gasteiger partial charge on any atom is -0.398 e. The molecule has 2 unspecified atom stereocenters. The van der Waals surface area contributed by atoms with Gasteiger partial charge in [-0.15, -0.1) is 0 Å². The van der Waals surface area contributed by atoms with Gasteiger partial charge in [-0.3, -0.25) is 4.79 Å². The van der Waals surface area contributed by atoms with Gasteiger partial charge in [-0.2, -0.15) is 0 Å². The zero-order valence-corrected chi connectivity index (χ0v) is 13.8. The Balaban J connectivity index is 2.13. The Bertz CT molecular complexity index is 522. The van der Waals surface area contributed by atoms with Crippen molar-refractivity contribution < 1.29 is 4.79 Å². The first-order valence-electron chi connectivity index (χ1n) is 7.65. The lowest BCUT2D eigenvalue weighted by atomic mass is 9.69. The number of benzene rings is 1. The number of nitrogens with one attached hydrogen (secondary N) is 1. The molecule has 21 heavy (non-hydrogen) atoms. The molecule has 1 fully saturated rings. The third-order valence-corrected chi connectivity index (χ3v) is 4.69. The molecular formula is C17H25ClN2O. The smallest absolute Gasteiger partial charge is 0.253 e. The van der Waals surface area contributed by atoms with Gasteiger partial charge in [0.25, 0.3) is 5.91 Å². The summed E-state index contributed by atoms with van der Waals surface area (Å²) >= 11 is 5.88. The van der Waals surface area contributed by atoms with Crippen LogP contribution in [0.4, 0.5) is 5.69 Å². The van der Waals surface area contributed by atoms with Gasteiger partial charge in [0.2, 0.25) is 0 Å². The van der Waals surface area contributed by atoms with Crippen molar-refractivity contribution in [3.05, 3.63) is 28.8 Å². The normalized spacial score (nSPS) is 22.9. The molecule has 1 aromatic rings. The first kappa shape index (κ1) is 16.2. The van der Waals surface area contributed by atoms with E-state index in [-0.39, 0.29) is 17.4 Å². The first-order chi connectivity index (χ1) is 9.79. The summed E-state index contributed by atoms with van der Waals surface area (Å²) in [5.74, 6) is 0.411. The number of hydrogen-bond acceptors (Lipinski definition) is 2. The topological polar surface area (TPSA) is 55.1 Å². The Morgan fingerprint density at radius 1 is 1.29 bits per heavy atom. The number of halogens is 1. The second-order valence-corrected chi connectivity index (χ2v) is 7.50. The molecule has 0 heterocycles. The van der Waals surface area contributed by atoms with Crippen molar-refractivity contribution in [3.8, 4) is 0 Å². The van der Waals surface area contributed by atoms with Gasteiger partial charge in [0.1, 0.15) is 0 Å². The molecule has 2 atom stereocenters. The summed E-state index contributed by atoms with van der Waals surface area (Å²) in [6.07, 6.45) is 4.64. The summed E-state index contributed by atoms with van der Waals surface area (Å²) in [5.41, 5.74) is 7.05. The van der Waals surface area contributed by atoms with Gasteiger partial charge in [-0.05, 0) is 42.4 Å². The minimum absolute atomic E-state index is 0.0923. The minimum atomic E-state index is -0.0923. The largest absolute Gasteiger partial charge is 0.398 e. The van der Waals surface area contributed by atoms with Gasteiger partial charge in [-0.1, -0.05) is 45.2 Å². The molecule has 0 aromatic heterocycles. The van der Waals surface area contributed by atoms with E-state index >= 15 is 0 Å². The maximum absolute atomic E-state index is 12.5. The summed E-state index contributed by atoms with van der Waals surface area (Å²) in [7, 11) is 0. The van der Waals surface area contributed by atoms with E-state index in [0.29, 0.717) is 22.2 Å². The maximum atomic E-state index is 12.5. The lowest BCUT2D eigenvalue weighted by Gasteiger charge is -2.40. The Hall–Kier alpha value is -1.22. The van der Waals surface area contributed by atoms with Crippen LogP contribution in [0.3, 0.4) is 0 Å². The highest BCUT2D eigenvalue weighted by Gasteiger charge is 2.35. The van der Waals surface area contributed by atoms with Crippen molar-refractivity contribution in [2.75, 3.05) is 5.73 Å². The van der Waals surface area contributed by atoms with Gasteiger partial charge < -0.3 is 11.1 Å². The third-order valence-electron chi connectivity index (χ3n) is 4.45. The Morgan fingerprint density at radius 3 is 2.57 bits per heavy atom. The van der Waals surface area contributed by atoms with Crippen LogP contribution in [0.15, 0.2) is 18.2 Å². The van der Waals surface area contributed by atoms with E-state index in [2.05, 4.69) is 26.1 Å². The Kier molecular flexibility index (Phi) is 4.82. The molecule has 1 amide bonds.